The van der Waals surface area contributed by atoms with E-state index in [4.69, 9.17) is 14.2 Å². The maximum Gasteiger partial charge on any atom is 0.161 e. The van der Waals surface area contributed by atoms with Crippen LogP contribution in [0.25, 0.3) is 0 Å². The molecule has 118 valence electrons. The van der Waals surface area contributed by atoms with E-state index in [0.717, 1.165) is 37.6 Å². The summed E-state index contributed by atoms with van der Waals surface area (Å²) in [7, 11) is 1.68. The zero-order chi connectivity index (χ0) is 14.9. The first-order valence-electron chi connectivity index (χ1n) is 7.95. The Morgan fingerprint density at radius 1 is 1.29 bits per heavy atom. The predicted molar refractivity (Wildman–Crippen MR) is 84.1 cm³/mol. The Morgan fingerprint density at radius 2 is 2.19 bits per heavy atom. The molecule has 1 aliphatic rings. The van der Waals surface area contributed by atoms with E-state index in [9.17, 15) is 0 Å². The molecule has 1 saturated heterocycles. The summed E-state index contributed by atoms with van der Waals surface area (Å²) < 4.78 is 16.6. The molecule has 0 aliphatic carbocycles. The van der Waals surface area contributed by atoms with Gasteiger partial charge in [0.1, 0.15) is 0 Å². The van der Waals surface area contributed by atoms with Crippen LogP contribution < -0.4 is 14.8 Å². The van der Waals surface area contributed by atoms with Crippen LogP contribution in [0.3, 0.4) is 0 Å². The summed E-state index contributed by atoms with van der Waals surface area (Å²) in [6.07, 6.45) is 5.27. The van der Waals surface area contributed by atoms with Gasteiger partial charge in [-0.1, -0.05) is 6.07 Å². The highest BCUT2D eigenvalue weighted by Crippen LogP contribution is 2.27. The summed E-state index contributed by atoms with van der Waals surface area (Å²) >= 11 is 0. The van der Waals surface area contributed by atoms with Crippen molar-refractivity contribution in [3.63, 3.8) is 0 Å². The topological polar surface area (TPSA) is 39.7 Å². The van der Waals surface area contributed by atoms with Gasteiger partial charge in [0.15, 0.2) is 11.5 Å². The monoisotopic (exact) mass is 293 g/mol. The fraction of sp³-hybridized carbons (Fsp3) is 0.647. The van der Waals surface area contributed by atoms with Gasteiger partial charge in [0, 0.05) is 13.2 Å². The minimum Gasteiger partial charge on any atom is -0.493 e. The van der Waals surface area contributed by atoms with Crippen LogP contribution in [0.2, 0.25) is 0 Å². The minimum absolute atomic E-state index is 0.445. The number of hydrogen-bond acceptors (Lipinski definition) is 4. The lowest BCUT2D eigenvalue weighted by Crippen LogP contribution is -2.25. The zero-order valence-electron chi connectivity index (χ0n) is 13.2. The molecule has 0 spiro atoms. The van der Waals surface area contributed by atoms with Crippen LogP contribution in [0.4, 0.5) is 0 Å². The van der Waals surface area contributed by atoms with Crippen LogP contribution in [0.1, 0.15) is 38.2 Å². The van der Waals surface area contributed by atoms with Gasteiger partial charge in [-0.15, -0.1) is 0 Å². The van der Waals surface area contributed by atoms with Crippen molar-refractivity contribution in [2.75, 3.05) is 26.9 Å². The second-order valence-corrected chi connectivity index (χ2v) is 5.37. The number of ether oxygens (including phenoxy) is 3. The third-order valence-corrected chi connectivity index (χ3v) is 3.77. The first kappa shape index (κ1) is 16.1. The molecule has 0 bridgehead atoms. The van der Waals surface area contributed by atoms with Crippen LogP contribution in [-0.4, -0.2) is 33.0 Å². The average Bonchev–Trinajstić information content (AvgIpc) is 2.54. The summed E-state index contributed by atoms with van der Waals surface area (Å²) in [5.41, 5.74) is 1.21. The molecule has 0 saturated carbocycles. The molecular formula is C17H27NO3. The van der Waals surface area contributed by atoms with Crippen LogP contribution in [0.15, 0.2) is 18.2 Å². The molecule has 1 atom stereocenters. The van der Waals surface area contributed by atoms with Gasteiger partial charge in [0.25, 0.3) is 0 Å². The van der Waals surface area contributed by atoms with Gasteiger partial charge in [0.2, 0.25) is 0 Å². The largest absolute Gasteiger partial charge is 0.493 e. The Balaban J connectivity index is 1.74. The van der Waals surface area contributed by atoms with Crippen molar-refractivity contribution in [3.05, 3.63) is 23.8 Å². The quantitative estimate of drug-likeness (QED) is 0.747. The SMILES string of the molecule is CCOc1ccc(CNCCC2CCCCO2)cc1OC. The third-order valence-electron chi connectivity index (χ3n) is 3.77. The van der Waals surface area contributed by atoms with Crippen LogP contribution >= 0.6 is 0 Å². The molecule has 4 heteroatoms. The maximum atomic E-state index is 5.73. The fourth-order valence-electron chi connectivity index (χ4n) is 2.63. The smallest absolute Gasteiger partial charge is 0.161 e. The molecule has 0 amide bonds. The highest BCUT2D eigenvalue weighted by atomic mass is 16.5. The molecule has 1 aliphatic heterocycles. The van der Waals surface area contributed by atoms with E-state index in [1.807, 2.05) is 19.1 Å². The van der Waals surface area contributed by atoms with Crippen molar-refractivity contribution < 1.29 is 14.2 Å². The zero-order valence-corrected chi connectivity index (χ0v) is 13.2. The standard InChI is InChI=1S/C17H27NO3/c1-3-20-16-8-7-14(12-17(16)19-2)13-18-10-9-15-6-4-5-11-21-15/h7-8,12,15,18H,3-6,9-11,13H2,1-2H3. The summed E-state index contributed by atoms with van der Waals surface area (Å²) in [5, 5.41) is 3.48. The van der Waals surface area contributed by atoms with Crippen LogP contribution in [0, 0.1) is 0 Å². The van der Waals surface area contributed by atoms with E-state index in [1.54, 1.807) is 7.11 Å². The number of methoxy groups -OCH3 is 1. The lowest BCUT2D eigenvalue weighted by atomic mass is 10.1. The molecule has 1 N–H and O–H groups in total. The molecule has 1 fully saturated rings. The van der Waals surface area contributed by atoms with E-state index in [0.29, 0.717) is 12.7 Å². The third kappa shape index (κ3) is 5.21. The molecular weight excluding hydrogens is 266 g/mol. The van der Waals surface area contributed by atoms with Crippen molar-refractivity contribution in [1.82, 2.24) is 5.32 Å². The van der Waals surface area contributed by atoms with E-state index >= 15 is 0 Å². The van der Waals surface area contributed by atoms with E-state index in [2.05, 4.69) is 11.4 Å². The molecule has 0 aromatic heterocycles. The van der Waals surface area contributed by atoms with Crippen molar-refractivity contribution >= 4 is 0 Å². The van der Waals surface area contributed by atoms with Gasteiger partial charge < -0.3 is 19.5 Å². The Labute approximate surface area is 127 Å². The minimum atomic E-state index is 0.445. The lowest BCUT2D eigenvalue weighted by molar-refractivity contribution is 0.0115. The number of benzene rings is 1. The molecule has 1 aromatic rings. The second kappa shape index (κ2) is 8.90. The highest BCUT2D eigenvalue weighted by molar-refractivity contribution is 5.42. The fourth-order valence-corrected chi connectivity index (χ4v) is 2.63. The van der Waals surface area contributed by atoms with Gasteiger partial charge in [-0.3, -0.25) is 0 Å². The van der Waals surface area contributed by atoms with Crippen molar-refractivity contribution in [2.24, 2.45) is 0 Å². The van der Waals surface area contributed by atoms with Crippen molar-refractivity contribution in [3.8, 4) is 11.5 Å². The molecule has 0 radical (unpaired) electrons. The number of rotatable bonds is 8. The van der Waals surface area contributed by atoms with Crippen molar-refractivity contribution in [2.45, 2.75) is 45.3 Å². The van der Waals surface area contributed by atoms with Crippen LogP contribution in [-0.2, 0) is 11.3 Å². The highest BCUT2D eigenvalue weighted by Gasteiger charge is 2.12. The second-order valence-electron chi connectivity index (χ2n) is 5.37. The molecule has 1 aromatic carbocycles. The Kier molecular flexibility index (Phi) is 6.83. The molecule has 4 nitrogen and oxygen atoms in total. The van der Waals surface area contributed by atoms with Crippen LogP contribution in [0.5, 0.6) is 11.5 Å². The Bertz CT molecular complexity index is 416. The summed E-state index contributed by atoms with van der Waals surface area (Å²) in [5.74, 6) is 1.60. The molecule has 1 heterocycles. The summed E-state index contributed by atoms with van der Waals surface area (Å²) in [6.45, 7) is 5.38. The van der Waals surface area contributed by atoms with Gasteiger partial charge >= 0.3 is 0 Å². The summed E-state index contributed by atoms with van der Waals surface area (Å²) in [4.78, 5) is 0. The first-order chi connectivity index (χ1) is 10.3. The van der Waals surface area contributed by atoms with E-state index < -0.39 is 0 Å². The maximum absolute atomic E-state index is 5.73. The molecule has 1 unspecified atom stereocenters. The van der Waals surface area contributed by atoms with E-state index in [-0.39, 0.29) is 0 Å². The van der Waals surface area contributed by atoms with E-state index in [1.165, 1.54) is 24.8 Å². The number of nitrogens with one attached hydrogen (secondary N) is 1. The molecule has 21 heavy (non-hydrogen) atoms. The van der Waals surface area contributed by atoms with Gasteiger partial charge in [-0.25, -0.2) is 0 Å². The lowest BCUT2D eigenvalue weighted by Gasteiger charge is -2.22. The molecule has 2 rings (SSSR count). The average molecular weight is 293 g/mol. The Morgan fingerprint density at radius 3 is 2.90 bits per heavy atom. The first-order valence-corrected chi connectivity index (χ1v) is 7.95. The normalized spacial score (nSPS) is 18.5. The van der Waals surface area contributed by atoms with Gasteiger partial charge in [0.05, 0.1) is 19.8 Å². The van der Waals surface area contributed by atoms with Gasteiger partial charge in [-0.05, 0) is 56.8 Å². The summed E-state index contributed by atoms with van der Waals surface area (Å²) in [6, 6.07) is 6.09. The van der Waals surface area contributed by atoms with Gasteiger partial charge in [-0.2, -0.15) is 0 Å². The Hall–Kier alpha value is -1.26. The predicted octanol–water partition coefficient (Wildman–Crippen LogP) is 3.14. The van der Waals surface area contributed by atoms with Crippen molar-refractivity contribution in [1.29, 1.82) is 0 Å². The number of hydrogen-bond donors (Lipinski definition) is 1.